The molecule has 2 fully saturated rings. The fraction of sp³-hybridized carbons (Fsp3) is 0.474. The van der Waals surface area contributed by atoms with Gasteiger partial charge in [-0.3, -0.25) is 9.59 Å². The van der Waals surface area contributed by atoms with E-state index < -0.39 is 6.04 Å². The van der Waals surface area contributed by atoms with Crippen molar-refractivity contribution in [1.29, 1.82) is 5.26 Å². The van der Waals surface area contributed by atoms with E-state index in [2.05, 4.69) is 16.4 Å². The Morgan fingerprint density at radius 2 is 2.07 bits per heavy atom. The molecule has 1 saturated carbocycles. The molecule has 9 heteroatoms. The lowest BCUT2D eigenvalue weighted by molar-refractivity contribution is -0.133. The van der Waals surface area contributed by atoms with E-state index in [4.69, 9.17) is 8.83 Å². The van der Waals surface area contributed by atoms with Gasteiger partial charge in [0.15, 0.2) is 0 Å². The van der Waals surface area contributed by atoms with Crippen LogP contribution in [0.3, 0.4) is 0 Å². The zero-order chi connectivity index (χ0) is 19.7. The summed E-state index contributed by atoms with van der Waals surface area (Å²) in [5.41, 5.74) is 0.688. The van der Waals surface area contributed by atoms with Gasteiger partial charge in [-0.1, -0.05) is 0 Å². The van der Waals surface area contributed by atoms with Gasteiger partial charge in [0.2, 0.25) is 23.4 Å². The lowest BCUT2D eigenvalue weighted by atomic mass is 10.2. The van der Waals surface area contributed by atoms with E-state index in [0.717, 1.165) is 12.8 Å². The van der Waals surface area contributed by atoms with Crippen molar-refractivity contribution in [2.24, 2.45) is 0 Å². The van der Waals surface area contributed by atoms with Gasteiger partial charge in [0, 0.05) is 32.1 Å². The molecule has 2 aliphatic rings. The molecule has 1 aliphatic carbocycles. The van der Waals surface area contributed by atoms with Gasteiger partial charge in [0.05, 0.1) is 11.8 Å². The van der Waals surface area contributed by atoms with E-state index in [0.29, 0.717) is 55.1 Å². The molecule has 0 bridgehead atoms. The van der Waals surface area contributed by atoms with Gasteiger partial charge >= 0.3 is 0 Å². The maximum Gasteiger partial charge on any atom is 0.255 e. The summed E-state index contributed by atoms with van der Waals surface area (Å²) in [4.78, 5) is 32.7. The van der Waals surface area contributed by atoms with Gasteiger partial charge in [0.1, 0.15) is 18.4 Å². The quantitative estimate of drug-likeness (QED) is 0.831. The fourth-order valence-corrected chi connectivity index (χ4v) is 3.26. The average Bonchev–Trinajstić information content (AvgIpc) is 3.24. The number of anilines is 1. The van der Waals surface area contributed by atoms with E-state index in [-0.39, 0.29) is 11.8 Å². The summed E-state index contributed by atoms with van der Waals surface area (Å²) in [5, 5.41) is 12.0. The van der Waals surface area contributed by atoms with Crippen molar-refractivity contribution in [3.05, 3.63) is 35.7 Å². The van der Waals surface area contributed by atoms with Crippen LogP contribution in [0.1, 0.15) is 47.6 Å². The van der Waals surface area contributed by atoms with Gasteiger partial charge in [-0.15, -0.1) is 0 Å². The Hall–Kier alpha value is -3.28. The molecule has 2 aromatic rings. The maximum atomic E-state index is 12.7. The third-order valence-corrected chi connectivity index (χ3v) is 5.04. The minimum Gasteiger partial charge on any atom is -0.472 e. The Morgan fingerprint density at radius 1 is 1.32 bits per heavy atom. The number of nitriles is 1. The molecule has 0 aromatic carbocycles. The number of furan rings is 1. The van der Waals surface area contributed by atoms with Crippen molar-refractivity contribution in [3.63, 3.8) is 0 Å². The molecule has 0 spiro atoms. The minimum atomic E-state index is -0.643. The Kier molecular flexibility index (Phi) is 4.77. The summed E-state index contributed by atoms with van der Waals surface area (Å²) < 4.78 is 10.7. The monoisotopic (exact) mass is 383 g/mol. The van der Waals surface area contributed by atoms with Crippen LogP contribution < -0.4 is 10.2 Å². The summed E-state index contributed by atoms with van der Waals surface area (Å²) in [6, 6.07) is 3.00. The highest BCUT2D eigenvalue weighted by atomic mass is 16.4. The van der Waals surface area contributed by atoms with Gasteiger partial charge < -0.3 is 24.0 Å². The second-order valence-electron chi connectivity index (χ2n) is 7.11. The minimum absolute atomic E-state index is 0.145. The van der Waals surface area contributed by atoms with Crippen molar-refractivity contribution in [3.8, 4) is 6.07 Å². The molecule has 146 valence electrons. The number of piperazine rings is 1. The Morgan fingerprint density at radius 3 is 2.68 bits per heavy atom. The highest BCUT2D eigenvalue weighted by Crippen LogP contribution is 2.41. The molecule has 0 radical (unpaired) electrons. The highest BCUT2D eigenvalue weighted by Gasteiger charge is 2.33. The first-order valence-electron chi connectivity index (χ1n) is 9.34. The number of carbonyl (C=O) groups excluding carboxylic acids is 2. The molecule has 28 heavy (non-hydrogen) atoms. The van der Waals surface area contributed by atoms with Crippen molar-refractivity contribution in [1.82, 2.24) is 15.2 Å². The van der Waals surface area contributed by atoms with E-state index in [1.807, 2.05) is 4.90 Å². The predicted octanol–water partition coefficient (Wildman–Crippen LogP) is 1.48. The highest BCUT2D eigenvalue weighted by molar-refractivity contribution is 5.97. The summed E-state index contributed by atoms with van der Waals surface area (Å²) in [5.74, 6) is 0.983. The zero-order valence-corrected chi connectivity index (χ0v) is 15.6. The van der Waals surface area contributed by atoms with Crippen LogP contribution in [-0.4, -0.2) is 53.9 Å². The number of nitrogens with one attached hydrogen (secondary N) is 1. The first-order chi connectivity index (χ1) is 13.6. The number of amides is 2. The molecule has 2 amide bonds. The second-order valence-corrected chi connectivity index (χ2v) is 7.11. The fourth-order valence-electron chi connectivity index (χ4n) is 3.26. The SMILES string of the molecule is CC(NC(=O)c1ccoc1)C(=O)N1CCN(c2oc(C3CC3)nc2C#N)CC1. The van der Waals surface area contributed by atoms with Gasteiger partial charge in [0.25, 0.3) is 5.91 Å². The molecule has 1 saturated heterocycles. The third-order valence-electron chi connectivity index (χ3n) is 5.04. The summed E-state index contributed by atoms with van der Waals surface area (Å²) in [6.45, 7) is 3.72. The first kappa shape index (κ1) is 18.1. The molecule has 1 aliphatic heterocycles. The maximum absolute atomic E-state index is 12.7. The largest absolute Gasteiger partial charge is 0.472 e. The van der Waals surface area contributed by atoms with Crippen molar-refractivity contribution < 1.29 is 18.4 Å². The molecule has 2 aromatic heterocycles. The Labute approximate surface area is 161 Å². The van der Waals surface area contributed by atoms with Crippen molar-refractivity contribution in [2.45, 2.75) is 31.7 Å². The zero-order valence-electron chi connectivity index (χ0n) is 15.6. The number of carbonyl (C=O) groups is 2. The second kappa shape index (κ2) is 7.38. The van der Waals surface area contributed by atoms with Crippen LogP contribution in [-0.2, 0) is 4.79 Å². The molecule has 4 rings (SSSR count). The van der Waals surface area contributed by atoms with Gasteiger partial charge in [-0.25, -0.2) is 4.98 Å². The van der Waals surface area contributed by atoms with Gasteiger partial charge in [-0.2, -0.15) is 5.26 Å². The number of aromatic nitrogens is 1. The van der Waals surface area contributed by atoms with Crippen LogP contribution >= 0.6 is 0 Å². The Bertz CT molecular complexity index is 901. The van der Waals surface area contributed by atoms with E-state index in [1.54, 1.807) is 17.9 Å². The summed E-state index contributed by atoms with van der Waals surface area (Å²) in [7, 11) is 0. The Balaban J connectivity index is 1.34. The van der Waals surface area contributed by atoms with Crippen molar-refractivity contribution in [2.75, 3.05) is 31.1 Å². The molecule has 1 N–H and O–H groups in total. The standard InChI is InChI=1S/C19H21N5O4/c1-12(21-16(25)14-4-9-27-11-14)18(26)23-5-7-24(8-6-23)19-15(10-20)22-17(28-19)13-2-3-13/h4,9,11-13H,2-3,5-8H2,1H3,(H,21,25). The third kappa shape index (κ3) is 3.58. The van der Waals surface area contributed by atoms with Crippen LogP contribution in [0.5, 0.6) is 0 Å². The van der Waals surface area contributed by atoms with Crippen LogP contribution in [0.2, 0.25) is 0 Å². The number of hydrogen-bond donors (Lipinski definition) is 1. The summed E-state index contributed by atoms with van der Waals surface area (Å²) >= 11 is 0. The smallest absolute Gasteiger partial charge is 0.255 e. The average molecular weight is 383 g/mol. The normalized spacial score (nSPS) is 17.9. The molecule has 9 nitrogen and oxygen atoms in total. The van der Waals surface area contributed by atoms with Crippen molar-refractivity contribution >= 4 is 17.7 Å². The lowest BCUT2D eigenvalue weighted by Crippen LogP contribution is -2.54. The number of hydrogen-bond acceptors (Lipinski definition) is 7. The van der Waals surface area contributed by atoms with Crippen LogP contribution in [0.4, 0.5) is 5.88 Å². The van der Waals surface area contributed by atoms with Crippen LogP contribution in [0, 0.1) is 11.3 Å². The molecular formula is C19H21N5O4. The molecule has 3 heterocycles. The lowest BCUT2D eigenvalue weighted by Gasteiger charge is -2.35. The molecule has 1 atom stereocenters. The molecule has 1 unspecified atom stereocenters. The molecular weight excluding hydrogens is 362 g/mol. The van der Waals surface area contributed by atoms with Crippen LogP contribution in [0.25, 0.3) is 0 Å². The predicted molar refractivity (Wildman–Crippen MR) is 97.6 cm³/mol. The van der Waals surface area contributed by atoms with Gasteiger partial charge in [-0.05, 0) is 25.8 Å². The van der Waals surface area contributed by atoms with E-state index in [9.17, 15) is 14.9 Å². The van der Waals surface area contributed by atoms with Crippen LogP contribution in [0.15, 0.2) is 27.4 Å². The number of oxazole rings is 1. The summed E-state index contributed by atoms with van der Waals surface area (Å²) in [6.07, 6.45) is 4.85. The van der Waals surface area contributed by atoms with E-state index >= 15 is 0 Å². The topological polar surface area (TPSA) is 116 Å². The first-order valence-corrected chi connectivity index (χ1v) is 9.34. The number of nitrogens with zero attached hydrogens (tertiary/aromatic N) is 4. The van der Waals surface area contributed by atoms with E-state index in [1.165, 1.54) is 12.5 Å². The number of rotatable bonds is 5.